The maximum absolute atomic E-state index is 13.0. The Kier molecular flexibility index (Phi) is 17.3. The second-order valence-electron chi connectivity index (χ2n) is 8.55. The minimum atomic E-state index is -0.242. The Morgan fingerprint density at radius 2 is 0.857 bits per heavy atom. The van der Waals surface area contributed by atoms with E-state index in [-0.39, 0.29) is 12.1 Å². The van der Waals surface area contributed by atoms with Crippen LogP contribution in [0, 0.1) is 0 Å². The number of carbonyl (C=O) groups excluding carboxylic acids is 5. The fraction of sp³-hybridized carbons (Fsp3) is 0.792. The summed E-state index contributed by atoms with van der Waals surface area (Å²) < 4.78 is 0. The zero-order valence-corrected chi connectivity index (χ0v) is 20.7. The van der Waals surface area contributed by atoms with E-state index in [1.54, 1.807) is 9.80 Å². The van der Waals surface area contributed by atoms with Crippen LogP contribution in [-0.4, -0.2) is 90.9 Å². The number of nitrogens with zero attached hydrogens (tertiary/aromatic N) is 6. The van der Waals surface area contributed by atoms with Gasteiger partial charge >= 0.3 is 12.1 Å². The third-order valence-corrected chi connectivity index (χ3v) is 5.84. The van der Waals surface area contributed by atoms with Crippen LogP contribution in [0.2, 0.25) is 0 Å². The Labute approximate surface area is 207 Å². The smallest absolute Gasteiger partial charge is 0.306 e. The number of hydrogen-bond donors (Lipinski definition) is 0. The molecule has 0 aromatic heterocycles. The first-order valence-electron chi connectivity index (χ1n) is 12.6. The lowest BCUT2D eigenvalue weighted by Crippen LogP contribution is -2.61. The van der Waals surface area contributed by atoms with E-state index in [1.807, 2.05) is 0 Å². The highest BCUT2D eigenvalue weighted by Gasteiger charge is 2.36. The number of unbranched alkanes of at least 4 members (excludes halogenated alkanes) is 9. The largest absolute Gasteiger partial charge is 0.329 e. The number of rotatable bonds is 21. The third kappa shape index (κ3) is 13.4. The summed E-state index contributed by atoms with van der Waals surface area (Å²) in [4.78, 5) is 71.9. The molecule has 1 rings (SSSR count). The fourth-order valence-corrected chi connectivity index (χ4v) is 3.92. The van der Waals surface area contributed by atoms with Gasteiger partial charge in [-0.2, -0.15) is 0 Å². The highest BCUT2D eigenvalue weighted by atomic mass is 16.2. The van der Waals surface area contributed by atoms with Crippen LogP contribution in [0.1, 0.15) is 77.0 Å². The van der Waals surface area contributed by atoms with Crippen molar-refractivity contribution < 1.29 is 24.0 Å². The minimum absolute atomic E-state index is 0.242. The van der Waals surface area contributed by atoms with Crippen molar-refractivity contribution in [1.82, 2.24) is 14.7 Å². The van der Waals surface area contributed by atoms with E-state index < -0.39 is 0 Å². The van der Waals surface area contributed by atoms with E-state index in [0.717, 1.165) is 70.6 Å². The highest BCUT2D eigenvalue weighted by molar-refractivity contribution is 5.95. The number of imide groups is 1. The molecule has 0 N–H and O–H groups in total. The van der Waals surface area contributed by atoms with Crippen LogP contribution in [0.25, 0.3) is 0 Å². The number of aliphatic imine (C=N–C) groups is 3. The second-order valence-corrected chi connectivity index (χ2v) is 8.55. The molecule has 0 atom stereocenters. The molecule has 0 aromatic rings. The van der Waals surface area contributed by atoms with E-state index in [4.69, 9.17) is 0 Å². The van der Waals surface area contributed by atoms with Crippen LogP contribution < -0.4 is 0 Å². The maximum Gasteiger partial charge on any atom is 0.329 e. The first-order valence-corrected chi connectivity index (χ1v) is 12.6. The standard InChI is InChI=1S/C24H38N6O5/c31-19-25-13-7-1-4-10-16-28-22-29(17-11-5-2-8-14-26-20-32)24(35)30(23(28)34)18-12-6-3-9-15-27-21-33/h1-18,22H2. The summed E-state index contributed by atoms with van der Waals surface area (Å²) in [5, 5.41) is 0. The van der Waals surface area contributed by atoms with Crippen molar-refractivity contribution in [1.29, 1.82) is 0 Å². The van der Waals surface area contributed by atoms with Gasteiger partial charge < -0.3 is 9.80 Å². The monoisotopic (exact) mass is 490 g/mol. The average Bonchev–Trinajstić information content (AvgIpc) is 2.86. The first kappa shape index (κ1) is 29.9. The van der Waals surface area contributed by atoms with E-state index in [0.29, 0.717) is 52.4 Å². The molecule has 1 fully saturated rings. The van der Waals surface area contributed by atoms with Crippen LogP contribution in [0.15, 0.2) is 15.0 Å². The zero-order valence-electron chi connectivity index (χ0n) is 20.7. The lowest BCUT2D eigenvalue weighted by Gasteiger charge is -2.41. The van der Waals surface area contributed by atoms with Crippen molar-refractivity contribution in [3.63, 3.8) is 0 Å². The Bertz CT molecular complexity index is 724. The van der Waals surface area contributed by atoms with Crippen molar-refractivity contribution in [2.45, 2.75) is 77.0 Å². The van der Waals surface area contributed by atoms with Gasteiger partial charge in [0.2, 0.25) is 18.2 Å². The molecule has 0 bridgehead atoms. The van der Waals surface area contributed by atoms with Crippen LogP contribution >= 0.6 is 0 Å². The van der Waals surface area contributed by atoms with Crippen LogP contribution in [0.5, 0.6) is 0 Å². The van der Waals surface area contributed by atoms with Crippen molar-refractivity contribution in [2.24, 2.45) is 15.0 Å². The van der Waals surface area contributed by atoms with E-state index in [2.05, 4.69) is 15.0 Å². The van der Waals surface area contributed by atoms with Crippen LogP contribution in [-0.2, 0) is 14.4 Å². The molecule has 11 nitrogen and oxygen atoms in total. The van der Waals surface area contributed by atoms with Crippen molar-refractivity contribution in [3.05, 3.63) is 0 Å². The van der Waals surface area contributed by atoms with Gasteiger partial charge in [0, 0.05) is 19.6 Å². The zero-order chi connectivity index (χ0) is 25.6. The van der Waals surface area contributed by atoms with Gasteiger partial charge in [-0.1, -0.05) is 38.5 Å². The molecular weight excluding hydrogens is 452 g/mol. The summed E-state index contributed by atoms with van der Waals surface area (Å²) in [6, 6.07) is -0.483. The Morgan fingerprint density at radius 3 is 1.23 bits per heavy atom. The Hall–Kier alpha value is -3.12. The average molecular weight is 491 g/mol. The predicted octanol–water partition coefficient (Wildman–Crippen LogP) is 3.79. The van der Waals surface area contributed by atoms with Crippen molar-refractivity contribution >= 4 is 30.3 Å². The lowest BCUT2D eigenvalue weighted by atomic mass is 10.1. The normalized spacial score (nSPS) is 13.3. The summed E-state index contributed by atoms with van der Waals surface area (Å²) in [5.41, 5.74) is 0. The fourth-order valence-electron chi connectivity index (χ4n) is 3.92. The molecule has 1 saturated heterocycles. The Morgan fingerprint density at radius 1 is 0.514 bits per heavy atom. The third-order valence-electron chi connectivity index (χ3n) is 5.84. The van der Waals surface area contributed by atoms with Gasteiger partial charge in [0.1, 0.15) is 0 Å². The molecule has 1 heterocycles. The lowest BCUT2D eigenvalue weighted by molar-refractivity contribution is 0.0759. The van der Waals surface area contributed by atoms with Gasteiger partial charge in [-0.3, -0.25) is 0 Å². The summed E-state index contributed by atoms with van der Waals surface area (Å²) in [6.07, 6.45) is 14.7. The molecule has 11 heteroatoms. The number of amides is 4. The number of urea groups is 2. The molecule has 0 aromatic carbocycles. The SMILES string of the molecule is O=C=NCCCCCCN1CN(CCCCCCN=C=O)C(=O)N(CCCCCCN=C=O)C1=O. The quantitative estimate of drug-likeness (QED) is 0.137. The highest BCUT2D eigenvalue weighted by Crippen LogP contribution is 2.17. The van der Waals surface area contributed by atoms with E-state index >= 15 is 0 Å². The van der Waals surface area contributed by atoms with Gasteiger partial charge in [0.15, 0.2) is 0 Å². The van der Waals surface area contributed by atoms with Gasteiger partial charge in [-0.15, -0.1) is 0 Å². The Balaban J connectivity index is 2.55. The number of isocyanates is 3. The van der Waals surface area contributed by atoms with Gasteiger partial charge in [-0.05, 0) is 38.5 Å². The summed E-state index contributed by atoms with van der Waals surface area (Å²) in [6.45, 7) is 3.22. The van der Waals surface area contributed by atoms with Gasteiger partial charge in [-0.25, -0.2) is 43.8 Å². The molecule has 0 unspecified atom stereocenters. The van der Waals surface area contributed by atoms with Crippen LogP contribution in [0.4, 0.5) is 9.59 Å². The second kappa shape index (κ2) is 20.3. The molecule has 194 valence electrons. The first-order chi connectivity index (χ1) is 17.2. The summed E-state index contributed by atoms with van der Waals surface area (Å²) in [7, 11) is 0. The molecule has 0 aliphatic carbocycles. The van der Waals surface area contributed by atoms with Gasteiger partial charge in [0.25, 0.3) is 0 Å². The minimum Gasteiger partial charge on any atom is -0.306 e. The molecule has 0 spiro atoms. The summed E-state index contributed by atoms with van der Waals surface area (Å²) in [5.74, 6) is 0. The van der Waals surface area contributed by atoms with E-state index in [1.165, 1.54) is 23.1 Å². The summed E-state index contributed by atoms with van der Waals surface area (Å²) >= 11 is 0. The molecule has 1 aliphatic rings. The molecular formula is C24H38N6O5. The number of carbonyl (C=O) groups is 2. The van der Waals surface area contributed by atoms with Gasteiger partial charge in [0.05, 0.1) is 26.3 Å². The number of hydrogen-bond acceptors (Lipinski definition) is 8. The molecule has 35 heavy (non-hydrogen) atoms. The maximum atomic E-state index is 13.0. The van der Waals surface area contributed by atoms with Crippen molar-refractivity contribution in [2.75, 3.05) is 45.9 Å². The molecule has 0 radical (unpaired) electrons. The van der Waals surface area contributed by atoms with Crippen LogP contribution in [0.3, 0.4) is 0 Å². The van der Waals surface area contributed by atoms with E-state index in [9.17, 15) is 24.0 Å². The molecule has 0 saturated carbocycles. The molecule has 4 amide bonds. The predicted molar refractivity (Wildman–Crippen MR) is 130 cm³/mol. The van der Waals surface area contributed by atoms with Crippen molar-refractivity contribution in [3.8, 4) is 0 Å². The topological polar surface area (TPSA) is 132 Å². The molecule has 1 aliphatic heterocycles.